The summed E-state index contributed by atoms with van der Waals surface area (Å²) in [5, 5.41) is 0. The van der Waals surface area contributed by atoms with Crippen molar-refractivity contribution < 1.29 is 4.74 Å². The number of methoxy groups -OCH3 is 1. The van der Waals surface area contributed by atoms with E-state index >= 15 is 0 Å². The predicted octanol–water partition coefficient (Wildman–Crippen LogP) is 7.96. The number of ether oxygens (including phenoxy) is 1. The maximum absolute atomic E-state index is 6.15. The number of fused-ring (bicyclic) bond motifs is 2. The van der Waals surface area contributed by atoms with Crippen LogP contribution in [0.3, 0.4) is 0 Å². The predicted molar refractivity (Wildman–Crippen MR) is 124 cm³/mol. The van der Waals surface area contributed by atoms with Crippen molar-refractivity contribution in [3.63, 3.8) is 0 Å². The Morgan fingerprint density at radius 3 is 2.55 bits per heavy atom. The van der Waals surface area contributed by atoms with Crippen LogP contribution >= 0.6 is 0 Å². The third-order valence-electron chi connectivity index (χ3n) is 9.90. The van der Waals surface area contributed by atoms with Gasteiger partial charge >= 0.3 is 0 Å². The molecule has 0 N–H and O–H groups in total. The van der Waals surface area contributed by atoms with Crippen LogP contribution in [-0.2, 0) is 4.74 Å². The Kier molecular flexibility index (Phi) is 6.11. The van der Waals surface area contributed by atoms with Gasteiger partial charge in [-0.05, 0) is 86.4 Å². The molecule has 29 heavy (non-hydrogen) atoms. The summed E-state index contributed by atoms with van der Waals surface area (Å²) in [6.07, 6.45) is 18.0. The number of allylic oxidation sites excluding steroid dienone is 1. The van der Waals surface area contributed by atoms with Crippen molar-refractivity contribution in [3.05, 3.63) is 23.8 Å². The van der Waals surface area contributed by atoms with E-state index in [1.807, 2.05) is 7.11 Å². The van der Waals surface area contributed by atoms with E-state index in [1.54, 1.807) is 5.57 Å². The van der Waals surface area contributed by atoms with Crippen molar-refractivity contribution in [2.24, 2.45) is 40.4 Å². The van der Waals surface area contributed by atoms with E-state index in [4.69, 9.17) is 4.74 Å². The van der Waals surface area contributed by atoms with Crippen LogP contribution in [-0.4, -0.2) is 13.2 Å². The molecule has 4 fully saturated rings. The van der Waals surface area contributed by atoms with Crippen molar-refractivity contribution in [2.75, 3.05) is 7.11 Å². The van der Waals surface area contributed by atoms with E-state index in [1.165, 1.54) is 76.2 Å². The fraction of sp³-hybridized carbons (Fsp3) is 0.857. The van der Waals surface area contributed by atoms with Crippen molar-refractivity contribution in [1.82, 2.24) is 0 Å². The van der Waals surface area contributed by atoms with E-state index in [0.717, 1.165) is 29.6 Å². The van der Waals surface area contributed by atoms with Crippen molar-refractivity contribution in [2.45, 2.75) is 104 Å². The second-order valence-electron chi connectivity index (χ2n) is 11.9. The minimum Gasteiger partial charge on any atom is -0.376 e. The zero-order chi connectivity index (χ0) is 20.8. The average Bonchev–Trinajstić information content (AvgIpc) is 3.17. The van der Waals surface area contributed by atoms with Crippen LogP contribution in [0.2, 0.25) is 0 Å². The second-order valence-corrected chi connectivity index (χ2v) is 11.9. The van der Waals surface area contributed by atoms with Crippen molar-refractivity contribution >= 4 is 0 Å². The number of hydrogen-bond acceptors (Lipinski definition) is 1. The summed E-state index contributed by atoms with van der Waals surface area (Å²) in [4.78, 5) is 0. The molecule has 0 aromatic carbocycles. The maximum Gasteiger partial charge on any atom is 0.0850 e. The van der Waals surface area contributed by atoms with Gasteiger partial charge in [-0.25, -0.2) is 0 Å². The number of hydrogen-bond donors (Lipinski definition) is 0. The quantitative estimate of drug-likeness (QED) is 0.377. The highest BCUT2D eigenvalue weighted by Gasteiger charge is 2.63. The molecule has 4 saturated carbocycles. The molecule has 0 aliphatic heterocycles. The van der Waals surface area contributed by atoms with Gasteiger partial charge in [0.1, 0.15) is 0 Å². The largest absolute Gasteiger partial charge is 0.376 e. The monoisotopic (exact) mass is 398 g/mol. The minimum absolute atomic E-state index is 0.280. The summed E-state index contributed by atoms with van der Waals surface area (Å²) in [7, 11) is 1.94. The zero-order valence-corrected chi connectivity index (χ0v) is 19.9. The van der Waals surface area contributed by atoms with Crippen LogP contribution < -0.4 is 0 Å². The normalized spacial score (nSPS) is 42.2. The molecule has 0 saturated heterocycles. The van der Waals surface area contributed by atoms with Gasteiger partial charge in [-0.3, -0.25) is 0 Å². The van der Waals surface area contributed by atoms with Crippen molar-refractivity contribution in [1.29, 1.82) is 0 Å². The standard InChI is InChI=1S/C28H46O/c1-19(2)9-7-10-20(3)24-14-15-25-22(11-8-16-27(24,25)5)17-26(29-6)28-18-23(28)13-12-21(28)4/h17,19-20,23-26H,4,7-16,18H2,1-3,5-6H3/b22-17+/t20-,23?,24?,25?,26-,27-,28?/m1/s1. The summed E-state index contributed by atoms with van der Waals surface area (Å²) in [6, 6.07) is 0. The molecule has 0 aromatic heterocycles. The number of rotatable bonds is 8. The van der Waals surface area contributed by atoms with Crippen molar-refractivity contribution in [3.8, 4) is 0 Å². The third kappa shape index (κ3) is 3.68. The van der Waals surface area contributed by atoms with Gasteiger partial charge in [-0.15, -0.1) is 0 Å². The highest BCUT2D eigenvalue weighted by molar-refractivity contribution is 5.35. The molecular weight excluding hydrogens is 352 g/mol. The van der Waals surface area contributed by atoms with E-state index < -0.39 is 0 Å². The summed E-state index contributed by atoms with van der Waals surface area (Å²) >= 11 is 0. The Labute approximate surface area is 180 Å². The molecule has 164 valence electrons. The molecule has 4 aliphatic rings. The SMILES string of the molecule is C=C1CCC2CC12[C@@H](/C=C1\CCC[C@@]2(C)C1CCC2[C@H](C)CCCC(C)C)OC. The highest BCUT2D eigenvalue weighted by Crippen LogP contribution is 2.69. The Morgan fingerprint density at radius 1 is 1.14 bits per heavy atom. The summed E-state index contributed by atoms with van der Waals surface area (Å²) < 4.78 is 6.15. The minimum atomic E-state index is 0.280. The van der Waals surface area contributed by atoms with Gasteiger partial charge in [0.15, 0.2) is 0 Å². The lowest BCUT2D eigenvalue weighted by atomic mass is 9.60. The first-order valence-electron chi connectivity index (χ1n) is 12.7. The molecule has 4 unspecified atom stereocenters. The fourth-order valence-electron chi connectivity index (χ4n) is 8.16. The molecule has 4 aliphatic carbocycles. The Balaban J connectivity index is 1.49. The molecule has 0 amide bonds. The van der Waals surface area contributed by atoms with Crippen LogP contribution in [0.1, 0.15) is 98.3 Å². The Bertz CT molecular complexity index is 645. The lowest BCUT2D eigenvalue weighted by molar-refractivity contribution is 0.0779. The molecule has 0 bridgehead atoms. The van der Waals surface area contributed by atoms with E-state index in [-0.39, 0.29) is 6.10 Å². The molecule has 1 heteroatoms. The van der Waals surface area contributed by atoms with E-state index in [0.29, 0.717) is 10.8 Å². The van der Waals surface area contributed by atoms with E-state index in [2.05, 4.69) is 40.3 Å². The highest BCUT2D eigenvalue weighted by atomic mass is 16.5. The van der Waals surface area contributed by atoms with Gasteiger partial charge in [-0.1, -0.05) is 70.8 Å². The van der Waals surface area contributed by atoms with Crippen LogP contribution in [0.4, 0.5) is 0 Å². The average molecular weight is 399 g/mol. The molecule has 0 spiro atoms. The summed E-state index contributed by atoms with van der Waals surface area (Å²) in [5.41, 5.74) is 4.06. The smallest absolute Gasteiger partial charge is 0.0850 e. The molecular formula is C28H46O. The molecule has 4 rings (SSSR count). The molecule has 1 nitrogen and oxygen atoms in total. The van der Waals surface area contributed by atoms with Crippen LogP contribution in [0.15, 0.2) is 23.8 Å². The first-order valence-corrected chi connectivity index (χ1v) is 12.7. The Hall–Kier alpha value is -0.560. The fourth-order valence-corrected chi connectivity index (χ4v) is 8.16. The van der Waals surface area contributed by atoms with Gasteiger partial charge in [0.25, 0.3) is 0 Å². The molecule has 0 aromatic rings. The molecule has 7 atom stereocenters. The summed E-state index contributed by atoms with van der Waals surface area (Å²) in [5.74, 6) is 4.29. The van der Waals surface area contributed by atoms with Gasteiger partial charge in [0, 0.05) is 12.5 Å². The van der Waals surface area contributed by atoms with Crippen LogP contribution in [0.25, 0.3) is 0 Å². The first-order chi connectivity index (χ1) is 13.8. The zero-order valence-electron chi connectivity index (χ0n) is 19.9. The third-order valence-corrected chi connectivity index (χ3v) is 9.90. The second kappa shape index (κ2) is 8.18. The lowest BCUT2D eigenvalue weighted by Crippen LogP contribution is -2.36. The van der Waals surface area contributed by atoms with Gasteiger partial charge in [0.2, 0.25) is 0 Å². The maximum atomic E-state index is 6.15. The van der Waals surface area contributed by atoms with Crippen LogP contribution in [0.5, 0.6) is 0 Å². The Morgan fingerprint density at radius 2 is 1.93 bits per heavy atom. The van der Waals surface area contributed by atoms with Gasteiger partial charge < -0.3 is 4.74 Å². The van der Waals surface area contributed by atoms with Gasteiger partial charge in [-0.2, -0.15) is 0 Å². The molecule has 0 radical (unpaired) electrons. The first kappa shape index (κ1) is 21.7. The summed E-state index contributed by atoms with van der Waals surface area (Å²) in [6.45, 7) is 14.4. The van der Waals surface area contributed by atoms with Crippen LogP contribution in [0, 0.1) is 40.4 Å². The van der Waals surface area contributed by atoms with E-state index in [9.17, 15) is 0 Å². The topological polar surface area (TPSA) is 9.23 Å². The van der Waals surface area contributed by atoms with Gasteiger partial charge in [0.05, 0.1) is 6.10 Å². The lowest BCUT2D eigenvalue weighted by Gasteiger charge is -2.45. The molecule has 0 heterocycles.